The largest absolute Gasteiger partial charge is 0.481 e. The number of rotatable bonds is 3. The van der Waals surface area contributed by atoms with E-state index in [4.69, 9.17) is 0 Å². The Balaban J connectivity index is 1.54. The number of likely N-dealkylation sites (tertiary alicyclic amines) is 1. The van der Waals surface area contributed by atoms with Crippen molar-refractivity contribution < 1.29 is 14.7 Å². The van der Waals surface area contributed by atoms with Gasteiger partial charge in [-0.05, 0) is 11.6 Å². The molecule has 0 aromatic heterocycles. The molecule has 3 N–H and O–H groups in total. The number of carbonyl (C=O) groups excluding carboxylic acids is 1. The highest BCUT2D eigenvalue weighted by Crippen LogP contribution is 2.39. The average Bonchev–Trinajstić information content (AvgIpc) is 3.21. The molecule has 0 aliphatic carbocycles. The van der Waals surface area contributed by atoms with Crippen LogP contribution < -0.4 is 10.6 Å². The molecule has 0 radical (unpaired) electrons. The van der Waals surface area contributed by atoms with Crippen LogP contribution >= 0.6 is 0 Å². The first-order valence-corrected chi connectivity index (χ1v) is 8.75. The molecular weight excluding hydrogens is 330 g/mol. The van der Waals surface area contributed by atoms with Crippen molar-refractivity contribution in [3.63, 3.8) is 0 Å². The van der Waals surface area contributed by atoms with Gasteiger partial charge in [-0.15, -0.1) is 0 Å². The molecule has 2 aromatic rings. The van der Waals surface area contributed by atoms with Crippen molar-refractivity contribution >= 4 is 17.7 Å². The number of hydrogen-bond acceptors (Lipinski definition) is 3. The third kappa shape index (κ3) is 2.72. The lowest BCUT2D eigenvalue weighted by atomic mass is 9.81. The van der Waals surface area contributed by atoms with Crippen LogP contribution in [0.3, 0.4) is 0 Å². The summed E-state index contributed by atoms with van der Waals surface area (Å²) in [4.78, 5) is 26.2. The van der Waals surface area contributed by atoms with E-state index in [0.717, 1.165) is 16.8 Å². The molecule has 2 aromatic carbocycles. The zero-order valence-electron chi connectivity index (χ0n) is 14.3. The number of urea groups is 1. The third-order valence-electron chi connectivity index (χ3n) is 5.49. The van der Waals surface area contributed by atoms with Gasteiger partial charge < -0.3 is 20.6 Å². The SMILES string of the molecule is O=C(Nc1ccccc1-c1ccccc1)N1C[C@H]2CNC[C@@]2(C(=O)O)C1. The topological polar surface area (TPSA) is 81.7 Å². The Morgan fingerprint density at radius 1 is 1.12 bits per heavy atom. The highest BCUT2D eigenvalue weighted by Gasteiger charge is 2.56. The number of fused-ring (bicyclic) bond motifs is 1. The van der Waals surface area contributed by atoms with Crippen LogP contribution in [0.25, 0.3) is 11.1 Å². The molecule has 2 saturated heterocycles. The minimum absolute atomic E-state index is 0.0462. The summed E-state index contributed by atoms with van der Waals surface area (Å²) in [6, 6.07) is 17.3. The van der Waals surface area contributed by atoms with Crippen molar-refractivity contribution in [1.29, 1.82) is 0 Å². The smallest absolute Gasteiger partial charge is 0.321 e. The van der Waals surface area contributed by atoms with Crippen LogP contribution in [0.5, 0.6) is 0 Å². The Bertz CT molecular complexity index is 839. The van der Waals surface area contributed by atoms with Crippen LogP contribution in [0, 0.1) is 11.3 Å². The average molecular weight is 351 g/mol. The summed E-state index contributed by atoms with van der Waals surface area (Å²) >= 11 is 0. The first kappa shape index (κ1) is 16.6. The molecule has 2 heterocycles. The number of nitrogens with one attached hydrogen (secondary N) is 2. The lowest BCUT2D eigenvalue weighted by molar-refractivity contribution is -0.148. The minimum Gasteiger partial charge on any atom is -0.481 e. The fraction of sp³-hybridized carbons (Fsp3) is 0.300. The van der Waals surface area contributed by atoms with Gasteiger partial charge in [0, 0.05) is 37.7 Å². The summed E-state index contributed by atoms with van der Waals surface area (Å²) < 4.78 is 0. The maximum atomic E-state index is 12.8. The van der Waals surface area contributed by atoms with Gasteiger partial charge in [0.25, 0.3) is 0 Å². The molecule has 0 bridgehead atoms. The molecule has 134 valence electrons. The number of anilines is 1. The summed E-state index contributed by atoms with van der Waals surface area (Å²) in [5.41, 5.74) is 1.82. The molecule has 6 heteroatoms. The van der Waals surface area contributed by atoms with E-state index in [1.165, 1.54) is 0 Å². The Hall–Kier alpha value is -2.86. The van der Waals surface area contributed by atoms with Gasteiger partial charge in [-0.25, -0.2) is 4.79 Å². The van der Waals surface area contributed by atoms with Crippen molar-refractivity contribution in [2.24, 2.45) is 11.3 Å². The standard InChI is InChI=1S/C20H21N3O3/c24-18(25)20-12-21-10-15(20)11-23(13-20)19(26)22-17-9-5-4-8-16(17)14-6-2-1-3-7-14/h1-9,15,21H,10-13H2,(H,22,26)(H,24,25)/t15-,20-/m1/s1. The Morgan fingerprint density at radius 2 is 1.85 bits per heavy atom. The molecule has 2 aliphatic rings. The van der Waals surface area contributed by atoms with Crippen molar-refractivity contribution in [3.05, 3.63) is 54.6 Å². The van der Waals surface area contributed by atoms with Crippen molar-refractivity contribution in [2.75, 3.05) is 31.5 Å². The molecule has 6 nitrogen and oxygen atoms in total. The Kier molecular flexibility index (Phi) is 4.12. The summed E-state index contributed by atoms with van der Waals surface area (Å²) in [5.74, 6) is -0.873. The third-order valence-corrected chi connectivity index (χ3v) is 5.49. The van der Waals surface area contributed by atoms with Gasteiger partial charge >= 0.3 is 12.0 Å². The van der Waals surface area contributed by atoms with E-state index in [2.05, 4.69) is 10.6 Å². The van der Waals surface area contributed by atoms with E-state index >= 15 is 0 Å². The first-order chi connectivity index (χ1) is 12.6. The zero-order chi connectivity index (χ0) is 18.1. The van der Waals surface area contributed by atoms with Crippen molar-refractivity contribution in [2.45, 2.75) is 0 Å². The van der Waals surface area contributed by atoms with E-state index in [0.29, 0.717) is 19.6 Å². The minimum atomic E-state index is -0.865. The first-order valence-electron chi connectivity index (χ1n) is 8.75. The van der Waals surface area contributed by atoms with Gasteiger partial charge in [-0.3, -0.25) is 4.79 Å². The molecule has 2 fully saturated rings. The van der Waals surface area contributed by atoms with Crippen LogP contribution in [0.1, 0.15) is 0 Å². The second kappa shape index (κ2) is 6.46. The number of carboxylic acids is 1. The molecule has 4 rings (SSSR count). The Morgan fingerprint density at radius 3 is 2.58 bits per heavy atom. The second-order valence-electron chi connectivity index (χ2n) is 7.01. The van der Waals surface area contributed by atoms with E-state index in [9.17, 15) is 14.7 Å². The van der Waals surface area contributed by atoms with Gasteiger partial charge in [0.05, 0.1) is 5.69 Å². The fourth-order valence-electron chi connectivity index (χ4n) is 4.03. The lowest BCUT2D eigenvalue weighted by Crippen LogP contribution is -2.42. The predicted octanol–water partition coefficient (Wildman–Crippen LogP) is 2.49. The number of hydrogen-bond donors (Lipinski definition) is 3. The maximum Gasteiger partial charge on any atom is 0.321 e. The summed E-state index contributed by atoms with van der Waals surface area (Å²) in [6.07, 6.45) is 0. The second-order valence-corrected chi connectivity index (χ2v) is 7.01. The van der Waals surface area contributed by atoms with Crippen LogP contribution in [0.15, 0.2) is 54.6 Å². The molecular formula is C20H21N3O3. The molecule has 0 spiro atoms. The maximum absolute atomic E-state index is 12.8. The summed E-state index contributed by atoms with van der Waals surface area (Å²) in [6.45, 7) is 1.74. The molecule has 0 saturated carbocycles. The number of carboxylic acid groups (broad SMARTS) is 1. The molecule has 2 atom stereocenters. The highest BCUT2D eigenvalue weighted by molar-refractivity contribution is 5.95. The van der Waals surface area contributed by atoms with E-state index in [-0.39, 0.29) is 18.5 Å². The fourth-order valence-corrected chi connectivity index (χ4v) is 4.03. The lowest BCUT2D eigenvalue weighted by Gasteiger charge is -2.23. The monoisotopic (exact) mass is 351 g/mol. The number of nitrogens with zero attached hydrogens (tertiary/aromatic N) is 1. The summed E-state index contributed by atoms with van der Waals surface area (Å²) in [7, 11) is 0. The quantitative estimate of drug-likeness (QED) is 0.794. The van der Waals surface area contributed by atoms with Gasteiger partial charge in [0.2, 0.25) is 0 Å². The number of para-hydroxylation sites is 1. The molecule has 2 aliphatic heterocycles. The molecule has 2 amide bonds. The zero-order valence-corrected chi connectivity index (χ0v) is 14.3. The number of benzene rings is 2. The number of aliphatic carboxylic acids is 1. The number of carbonyl (C=O) groups is 2. The van der Waals surface area contributed by atoms with E-state index in [1.54, 1.807) is 4.90 Å². The van der Waals surface area contributed by atoms with Crippen LogP contribution in [-0.2, 0) is 4.79 Å². The molecule has 26 heavy (non-hydrogen) atoms. The Labute approximate surface area is 151 Å². The predicted molar refractivity (Wildman–Crippen MR) is 98.9 cm³/mol. The normalized spacial score (nSPS) is 24.3. The van der Waals surface area contributed by atoms with Crippen molar-refractivity contribution in [1.82, 2.24) is 10.2 Å². The van der Waals surface area contributed by atoms with E-state index < -0.39 is 11.4 Å². The van der Waals surface area contributed by atoms with Gasteiger partial charge in [-0.1, -0.05) is 48.5 Å². The van der Waals surface area contributed by atoms with Crippen LogP contribution in [0.4, 0.5) is 10.5 Å². The van der Waals surface area contributed by atoms with Gasteiger partial charge in [0.1, 0.15) is 5.41 Å². The van der Waals surface area contributed by atoms with E-state index in [1.807, 2.05) is 54.6 Å². The van der Waals surface area contributed by atoms with Gasteiger partial charge in [-0.2, -0.15) is 0 Å². The number of amides is 2. The van der Waals surface area contributed by atoms with Crippen LogP contribution in [0.2, 0.25) is 0 Å². The molecule has 0 unspecified atom stereocenters. The summed E-state index contributed by atoms with van der Waals surface area (Å²) in [5, 5.41) is 15.8. The highest BCUT2D eigenvalue weighted by atomic mass is 16.4. The van der Waals surface area contributed by atoms with Crippen LogP contribution in [-0.4, -0.2) is 48.2 Å². The van der Waals surface area contributed by atoms with Gasteiger partial charge in [0.15, 0.2) is 0 Å². The van der Waals surface area contributed by atoms with Crippen molar-refractivity contribution in [3.8, 4) is 11.1 Å².